The zero-order valence-corrected chi connectivity index (χ0v) is 9.57. The van der Waals surface area contributed by atoms with Crippen LogP contribution < -0.4 is 5.32 Å². The third-order valence-corrected chi connectivity index (χ3v) is 2.61. The van der Waals surface area contributed by atoms with E-state index in [2.05, 4.69) is 5.32 Å². The minimum absolute atomic E-state index is 0.0362. The second-order valence-corrected chi connectivity index (χ2v) is 4.35. The van der Waals surface area contributed by atoms with Gasteiger partial charge in [0.2, 0.25) is 5.91 Å². The molecule has 1 rings (SSSR count). The molecule has 0 aromatic heterocycles. The molecule has 1 saturated heterocycles. The summed E-state index contributed by atoms with van der Waals surface area (Å²) < 4.78 is 5.34. The van der Waals surface area contributed by atoms with Gasteiger partial charge in [-0.15, -0.1) is 0 Å². The van der Waals surface area contributed by atoms with Gasteiger partial charge >= 0.3 is 5.97 Å². The van der Waals surface area contributed by atoms with Gasteiger partial charge in [0.05, 0.1) is 12.5 Å². The number of nitrogens with one attached hydrogen (secondary N) is 1. The molecule has 0 aromatic rings. The van der Waals surface area contributed by atoms with Crippen LogP contribution in [0.5, 0.6) is 0 Å². The number of hydrogen-bond acceptors (Lipinski definition) is 3. The number of hydrogen-bond donors (Lipinski definition) is 2. The summed E-state index contributed by atoms with van der Waals surface area (Å²) in [6, 6.07) is 0. The van der Waals surface area contributed by atoms with Crippen LogP contribution in [-0.2, 0) is 14.3 Å². The first-order valence-corrected chi connectivity index (χ1v) is 5.68. The summed E-state index contributed by atoms with van der Waals surface area (Å²) in [5.74, 6) is -0.920. The summed E-state index contributed by atoms with van der Waals surface area (Å²) in [6.45, 7) is 2.96. The van der Waals surface area contributed by atoms with Gasteiger partial charge in [0.1, 0.15) is 0 Å². The van der Waals surface area contributed by atoms with E-state index in [1.807, 2.05) is 0 Å². The number of carbonyl (C=O) groups excluding carboxylic acids is 1. The number of amides is 1. The third-order valence-electron chi connectivity index (χ3n) is 2.61. The van der Waals surface area contributed by atoms with Gasteiger partial charge in [0.15, 0.2) is 0 Å². The van der Waals surface area contributed by atoms with Crippen molar-refractivity contribution in [3.63, 3.8) is 0 Å². The number of carboxylic acids is 1. The van der Waals surface area contributed by atoms with Crippen molar-refractivity contribution in [2.75, 3.05) is 13.2 Å². The van der Waals surface area contributed by atoms with E-state index in [1.165, 1.54) is 0 Å². The largest absolute Gasteiger partial charge is 0.481 e. The lowest BCUT2D eigenvalue weighted by Crippen LogP contribution is -2.31. The molecule has 92 valence electrons. The summed E-state index contributed by atoms with van der Waals surface area (Å²) >= 11 is 0. The van der Waals surface area contributed by atoms with E-state index in [4.69, 9.17) is 9.84 Å². The Balaban J connectivity index is 2.11. The van der Waals surface area contributed by atoms with Gasteiger partial charge in [-0.25, -0.2) is 0 Å². The summed E-state index contributed by atoms with van der Waals surface area (Å²) in [5, 5.41) is 11.3. The van der Waals surface area contributed by atoms with Crippen molar-refractivity contribution >= 4 is 11.9 Å². The van der Waals surface area contributed by atoms with Crippen LogP contribution in [0.1, 0.15) is 32.6 Å². The van der Waals surface area contributed by atoms with Gasteiger partial charge in [-0.1, -0.05) is 6.92 Å². The fourth-order valence-electron chi connectivity index (χ4n) is 1.74. The van der Waals surface area contributed by atoms with Crippen molar-refractivity contribution in [1.29, 1.82) is 0 Å². The monoisotopic (exact) mass is 229 g/mol. The Morgan fingerprint density at radius 3 is 2.88 bits per heavy atom. The van der Waals surface area contributed by atoms with Gasteiger partial charge in [-0.3, -0.25) is 9.59 Å². The lowest BCUT2D eigenvalue weighted by molar-refractivity contribution is -0.138. The molecule has 0 spiro atoms. The summed E-state index contributed by atoms with van der Waals surface area (Å²) in [6.07, 6.45) is 2.49. The predicted molar refractivity (Wildman–Crippen MR) is 58.0 cm³/mol. The van der Waals surface area contributed by atoms with Crippen molar-refractivity contribution < 1.29 is 19.4 Å². The van der Waals surface area contributed by atoms with E-state index in [0.29, 0.717) is 13.0 Å². The maximum absolute atomic E-state index is 11.5. The number of rotatable bonds is 6. The van der Waals surface area contributed by atoms with E-state index < -0.39 is 5.97 Å². The van der Waals surface area contributed by atoms with Crippen LogP contribution in [-0.4, -0.2) is 36.2 Å². The molecule has 1 amide bonds. The Morgan fingerprint density at radius 2 is 2.31 bits per heavy atom. The molecular weight excluding hydrogens is 210 g/mol. The van der Waals surface area contributed by atoms with E-state index in [9.17, 15) is 9.59 Å². The molecular formula is C11H19NO4. The first kappa shape index (κ1) is 13.0. The van der Waals surface area contributed by atoms with Gasteiger partial charge in [-0.05, 0) is 18.8 Å². The van der Waals surface area contributed by atoms with Crippen LogP contribution in [0.3, 0.4) is 0 Å². The molecule has 2 N–H and O–H groups in total. The average molecular weight is 229 g/mol. The molecule has 0 radical (unpaired) electrons. The van der Waals surface area contributed by atoms with Crippen LogP contribution in [0.2, 0.25) is 0 Å². The number of aliphatic carboxylic acids is 1. The van der Waals surface area contributed by atoms with E-state index in [0.717, 1.165) is 19.4 Å². The quantitative estimate of drug-likeness (QED) is 0.705. The molecule has 0 saturated carbocycles. The van der Waals surface area contributed by atoms with Crippen LogP contribution in [0.15, 0.2) is 0 Å². The SMILES string of the molecule is CC(CNC(=O)CC1CCCO1)CC(=O)O. The molecule has 5 heteroatoms. The molecule has 0 bridgehead atoms. The lowest BCUT2D eigenvalue weighted by Gasteiger charge is -2.12. The Bertz CT molecular complexity index is 248. The standard InChI is InChI=1S/C11H19NO4/c1-8(5-11(14)15)7-12-10(13)6-9-3-2-4-16-9/h8-9H,2-7H2,1H3,(H,12,13)(H,14,15). The second-order valence-electron chi connectivity index (χ2n) is 4.35. The highest BCUT2D eigenvalue weighted by Gasteiger charge is 2.19. The first-order chi connectivity index (χ1) is 7.58. The van der Waals surface area contributed by atoms with Crippen LogP contribution in [0.25, 0.3) is 0 Å². The zero-order valence-electron chi connectivity index (χ0n) is 9.57. The zero-order chi connectivity index (χ0) is 12.0. The van der Waals surface area contributed by atoms with Crippen molar-refractivity contribution in [2.45, 2.75) is 38.7 Å². The minimum Gasteiger partial charge on any atom is -0.481 e. The van der Waals surface area contributed by atoms with E-state index in [1.54, 1.807) is 6.92 Å². The maximum atomic E-state index is 11.5. The maximum Gasteiger partial charge on any atom is 0.303 e. The molecule has 1 heterocycles. The highest BCUT2D eigenvalue weighted by molar-refractivity contribution is 5.76. The van der Waals surface area contributed by atoms with E-state index >= 15 is 0 Å². The molecule has 2 atom stereocenters. The normalized spacial score (nSPS) is 21.7. The average Bonchev–Trinajstić information content (AvgIpc) is 2.66. The Hall–Kier alpha value is -1.10. The smallest absolute Gasteiger partial charge is 0.303 e. The van der Waals surface area contributed by atoms with Crippen molar-refractivity contribution in [2.24, 2.45) is 5.92 Å². The Labute approximate surface area is 95.2 Å². The van der Waals surface area contributed by atoms with Crippen LogP contribution in [0, 0.1) is 5.92 Å². The van der Waals surface area contributed by atoms with Crippen molar-refractivity contribution in [1.82, 2.24) is 5.32 Å². The fraction of sp³-hybridized carbons (Fsp3) is 0.818. The number of carbonyl (C=O) groups is 2. The molecule has 5 nitrogen and oxygen atoms in total. The summed E-state index contributed by atoms with van der Waals surface area (Å²) in [4.78, 5) is 21.9. The van der Waals surface area contributed by atoms with Gasteiger partial charge < -0.3 is 15.2 Å². The molecule has 16 heavy (non-hydrogen) atoms. The number of ether oxygens (including phenoxy) is 1. The summed E-state index contributed by atoms with van der Waals surface area (Å²) in [5.41, 5.74) is 0. The number of carboxylic acid groups (broad SMARTS) is 1. The lowest BCUT2D eigenvalue weighted by atomic mass is 10.1. The molecule has 0 aliphatic carbocycles. The van der Waals surface area contributed by atoms with Crippen LogP contribution >= 0.6 is 0 Å². The fourth-order valence-corrected chi connectivity index (χ4v) is 1.74. The van der Waals surface area contributed by atoms with Crippen molar-refractivity contribution in [3.8, 4) is 0 Å². The summed E-state index contributed by atoms with van der Waals surface area (Å²) in [7, 11) is 0. The molecule has 1 aliphatic heterocycles. The molecule has 1 aliphatic rings. The Morgan fingerprint density at radius 1 is 1.56 bits per heavy atom. The van der Waals surface area contributed by atoms with Crippen molar-refractivity contribution in [3.05, 3.63) is 0 Å². The molecule has 0 aromatic carbocycles. The van der Waals surface area contributed by atoms with E-state index in [-0.39, 0.29) is 24.3 Å². The second kappa shape index (κ2) is 6.48. The third kappa shape index (κ3) is 5.11. The van der Waals surface area contributed by atoms with Gasteiger partial charge in [-0.2, -0.15) is 0 Å². The highest BCUT2D eigenvalue weighted by Crippen LogP contribution is 2.14. The van der Waals surface area contributed by atoms with Gasteiger partial charge in [0, 0.05) is 19.6 Å². The van der Waals surface area contributed by atoms with Gasteiger partial charge in [0.25, 0.3) is 0 Å². The Kier molecular flexibility index (Phi) is 5.25. The molecule has 2 unspecified atom stereocenters. The first-order valence-electron chi connectivity index (χ1n) is 5.68. The van der Waals surface area contributed by atoms with Crippen LogP contribution in [0.4, 0.5) is 0 Å². The predicted octanol–water partition coefficient (Wildman–Crippen LogP) is 0.782. The highest BCUT2D eigenvalue weighted by atomic mass is 16.5. The topological polar surface area (TPSA) is 75.6 Å². The minimum atomic E-state index is -0.833. The molecule has 1 fully saturated rings.